The number of nitrogens with zero attached hydrogens (tertiary/aromatic N) is 17. The molecular weight excluding hydrogens is 1800 g/mol. The molecule has 7 fully saturated rings. The zero-order valence-electron chi connectivity index (χ0n) is 67.5. The Labute approximate surface area is 725 Å². The Morgan fingerprint density at radius 2 is 0.758 bits per heavy atom. The van der Waals surface area contributed by atoms with E-state index in [0.717, 1.165) is 30.4 Å². The summed E-state index contributed by atoms with van der Waals surface area (Å²) in [7, 11) is 0. The molecule has 0 aromatic carbocycles. The fourth-order valence-electron chi connectivity index (χ4n) is 13.8. The number of nitrogens with one attached hydrogen (secondary N) is 6. The third kappa shape index (κ3) is 22.1. The Kier molecular flexibility index (Phi) is 35.1. The Balaban J connectivity index is 0.000000190. The predicted molar refractivity (Wildman–Crippen MR) is 418 cm³/mol. The largest absolute Gasteiger partial charge is 0.394 e. The highest BCUT2D eigenvalue weighted by Crippen LogP contribution is 2.45. The minimum absolute atomic E-state index is 0.0361. The Morgan fingerprint density at radius 1 is 0.432 bits per heavy atom. The summed E-state index contributed by atoms with van der Waals surface area (Å²) < 4.78 is 95.3. The minimum atomic E-state index is -1.58. The quantitative estimate of drug-likeness (QED) is 0.0185. The second kappa shape index (κ2) is 44.5. The maximum atomic E-state index is 13.3. The van der Waals surface area contributed by atoms with Crippen molar-refractivity contribution in [2.45, 2.75) is 167 Å². The van der Waals surface area contributed by atoms with Crippen LogP contribution in [0, 0.1) is 74.5 Å². The Bertz CT molecular complexity index is 6350. The number of rotatable bonds is 16. The van der Waals surface area contributed by atoms with Gasteiger partial charge in [-0.05, 0) is 31.0 Å². The molecule has 14 heterocycles. The van der Waals surface area contributed by atoms with E-state index in [1.165, 1.54) is 38.5 Å². The Morgan fingerprint density at radius 3 is 1.14 bits per heavy atom. The molecule has 0 spiro atoms. The Hall–Kier alpha value is -13.3. The van der Waals surface area contributed by atoms with E-state index in [0.29, 0.717) is 38.5 Å². The average Bonchev–Trinajstić information content (AvgIpc) is 1.59. The first-order chi connectivity index (χ1) is 62.3. The molecule has 60 nitrogen and oxygen atoms in total. The van der Waals surface area contributed by atoms with Crippen LogP contribution in [0.3, 0.4) is 0 Å². The number of anilines is 1. The highest BCUT2D eigenvalue weighted by Gasteiger charge is 2.57. The van der Waals surface area contributed by atoms with Crippen molar-refractivity contribution in [3.63, 3.8) is 0 Å². The molecule has 0 bridgehead atoms. The van der Waals surface area contributed by atoms with Crippen LogP contribution in [0.15, 0.2) is 134 Å². The molecule has 7 aliphatic rings. The number of azide groups is 2. The van der Waals surface area contributed by atoms with Crippen molar-refractivity contribution < 1.29 is 122 Å². The van der Waals surface area contributed by atoms with Gasteiger partial charge in [0.15, 0.2) is 37.4 Å². The summed E-state index contributed by atoms with van der Waals surface area (Å²) in [4.78, 5) is 166. The van der Waals surface area contributed by atoms with Gasteiger partial charge in [-0.15, -0.1) is 0 Å². The topological polar surface area (TPSA) is 959 Å². The molecule has 7 aromatic heterocycles. The molecule has 132 heavy (non-hydrogen) atoms. The fraction of sp³-hybridized carbons (Fsp3) is 0.544. The first-order valence-electron chi connectivity index (χ1n) is 37.8. The summed E-state index contributed by atoms with van der Waals surface area (Å²) in [5.41, 5.74) is 19.0. The van der Waals surface area contributed by atoms with Crippen molar-refractivity contribution in [3.8, 4) is 18.2 Å². The van der Waals surface area contributed by atoms with E-state index in [4.69, 9.17) is 103 Å². The van der Waals surface area contributed by atoms with Crippen LogP contribution < -0.4 is 90.4 Å². The van der Waals surface area contributed by atoms with Gasteiger partial charge in [0.2, 0.25) is 23.3 Å². The second-order valence-corrected chi connectivity index (χ2v) is 29.1. The molecule has 0 saturated carbocycles. The number of H-pyrrole nitrogens is 6. The highest BCUT2D eigenvalue weighted by molar-refractivity contribution is 5.24. The smallest absolute Gasteiger partial charge is 0.351 e. The fourth-order valence-corrected chi connectivity index (χ4v) is 13.8. The van der Waals surface area contributed by atoms with Crippen LogP contribution in [0.5, 0.6) is 0 Å². The first kappa shape index (κ1) is 104. The van der Waals surface area contributed by atoms with Crippen LogP contribution in [0.4, 0.5) is 23.4 Å². The number of aliphatic hydroxyl groups excluding tert-OH is 14. The van der Waals surface area contributed by atoms with Crippen molar-refractivity contribution >= 4 is 5.82 Å². The molecule has 0 unspecified atom stereocenters. The van der Waals surface area contributed by atoms with Crippen LogP contribution in [0.2, 0.25) is 0 Å². The van der Waals surface area contributed by atoms with Crippen molar-refractivity contribution in [1.29, 1.82) is 15.8 Å². The molecule has 14 rings (SSSR count). The van der Waals surface area contributed by atoms with E-state index in [1.807, 2.05) is 11.1 Å². The highest BCUT2D eigenvalue weighted by atomic mass is 19.1. The molecule has 7 aromatic rings. The number of ether oxygens (including phenoxy) is 7. The van der Waals surface area contributed by atoms with Crippen LogP contribution in [0.25, 0.3) is 20.9 Å². The number of aromatic amines is 6. The summed E-state index contributed by atoms with van der Waals surface area (Å²) in [6, 6.07) is 5.87. The monoisotopic (exact) mass is 1880 g/mol. The lowest BCUT2D eigenvalue weighted by molar-refractivity contribution is -0.0507. The van der Waals surface area contributed by atoms with Crippen LogP contribution in [0.1, 0.15) is 57.4 Å². The zero-order valence-corrected chi connectivity index (χ0v) is 67.5. The molecule has 28 atom stereocenters. The summed E-state index contributed by atoms with van der Waals surface area (Å²) in [6.07, 6.45) is -17.7. The van der Waals surface area contributed by atoms with E-state index in [2.05, 4.69) is 30.0 Å². The summed E-state index contributed by atoms with van der Waals surface area (Å²) >= 11 is 0. The number of hydrogen-bond acceptors (Lipinski definition) is 43. The van der Waals surface area contributed by atoms with E-state index >= 15 is 0 Å². The first-order valence-corrected chi connectivity index (χ1v) is 37.8. The lowest BCUT2D eigenvalue weighted by Crippen LogP contribution is -2.44. The van der Waals surface area contributed by atoms with E-state index in [9.17, 15) is 126 Å². The molecule has 7 saturated heterocycles. The summed E-state index contributed by atoms with van der Waals surface area (Å²) in [5, 5.41) is 166. The zero-order chi connectivity index (χ0) is 98.3. The van der Waals surface area contributed by atoms with Gasteiger partial charge >= 0.3 is 39.8 Å². The van der Waals surface area contributed by atoms with Gasteiger partial charge in [-0.1, -0.05) is 10.2 Å². The molecule has 0 amide bonds. The maximum Gasteiger partial charge on any atom is 0.351 e. The van der Waals surface area contributed by atoms with Gasteiger partial charge < -0.3 is 122 Å². The number of nitriles is 3. The third-order valence-corrected chi connectivity index (χ3v) is 20.8. The summed E-state index contributed by atoms with van der Waals surface area (Å²) in [6.45, 7) is -0.815. The molecular formula is C68H82F4N26O34. The van der Waals surface area contributed by atoms with E-state index in [1.54, 1.807) is 32.1 Å². The lowest BCUT2D eigenvalue weighted by atomic mass is 9.84. The molecule has 26 N–H and O–H groups in total. The molecule has 716 valence electrons. The second-order valence-electron chi connectivity index (χ2n) is 29.1. The molecule has 64 heteroatoms. The number of nitrogens with two attached hydrogens (primary N) is 3. The van der Waals surface area contributed by atoms with Gasteiger partial charge in [0.25, 0.3) is 33.4 Å². The van der Waals surface area contributed by atoms with E-state index in [-0.39, 0.29) is 5.82 Å². The van der Waals surface area contributed by atoms with Gasteiger partial charge in [0, 0.05) is 40.5 Å². The number of hydrogen-bond donors (Lipinski definition) is 23. The van der Waals surface area contributed by atoms with Gasteiger partial charge in [-0.3, -0.25) is 90.6 Å². The van der Waals surface area contributed by atoms with Gasteiger partial charge in [0.05, 0.1) is 114 Å². The predicted octanol–water partition coefficient (Wildman–Crippen LogP) is -13.4. The standard InChI is InChI=1S/C11H12FN3O5.C10H10FN3O5.C10H14N6O4.C10H11N3O5.C9H10FN5O5.C9H12FN3O5.C9H13N3O5/c1-11(4-13)7(17)6(3-16)20-9(11)15-2-5(12)8(18)14-10(15)19;11-5-2-14(10(18)13-8(5)17)9-4(1-12)7(16)6(3-15)19-9;1-10(14-15-12)7(18)5(4-17)20-8(10)16-3-2-6(11)13-9(16)19;11-3-5-8(16)6(4-14)18-9(5)13-2-1-7(15)12-10(13)17;10-3-1-15(9(19)12-7(3)18)8-5(13-14-11)6(17)4(2-16)20-8;10-3-1-13(9(17)12-7(3)16)8-5(11)6(15)4(2-14)18-8;10-6-7(15)4(3-13)17-8(6)12-2-1-5(14)11-9(12)16/h2,6-7,9,16-17H,3H2,1H3,(H,14,18,19);2,4,6-7,9,15-16H,3H2,(H,13,17,18);2-3,5,7-8,17-18H,4H2,1H3,(H2,11,13,19);1-2,5-6,8-9,14,16H,4H2,(H,12,15,17);1,4-6,8,16-17H,2H2,(H,12,18,19);1,4-6,8,14-15H,2,11H2,(H,12,16,17);1-2,4,6-8,13,15H,3,10H2,(H,11,14,16)/t6-,7-,9-,11-;4-,6-,7+,9-;5-,7-,8-,10-;5-,6-,8+,9-;2*4-,5-,6-,8-;4-,6-,7-,8-/m1111111/s1. The molecule has 7 aliphatic heterocycles. The average molecular weight is 1880 g/mol. The normalized spacial score (nSPS) is 31.6. The number of nitrogen functional groups attached to an aromatic ring is 1. The van der Waals surface area contributed by atoms with Crippen molar-refractivity contribution in [3.05, 3.63) is 241 Å². The maximum absolute atomic E-state index is 13.3. The van der Waals surface area contributed by atoms with Gasteiger partial charge in [-0.2, -0.15) is 38.3 Å². The van der Waals surface area contributed by atoms with Gasteiger partial charge in [-0.25, -0.2) is 33.6 Å². The SMILES string of the molecule is C[C@@]1(C#N)[C@H](O)[C@@H](CO)O[C@H]1n1cc(F)c(=O)[nH]c1=O.C[C@@]1(N=[N+]=[N-])[C@H](O)[C@@H](CO)O[C@H]1n1ccc(N)nc1=O.N#C[C@@H]1[C@H](O)[C@@H](CO)O[C@H]1n1cc(F)c(=O)[nH]c1=O.N#C[C@@H]1[C@H](O)[C@@H](CO)O[C@H]1n1ccc(=O)[nH]c1=O.N[C@@H]1[C@H](O)[C@@H](CO)O[C@H]1n1cc(F)c(=O)[nH]c1=O.N[C@@H]1[C@H](O)[C@@H](CO)O[C@H]1n1ccc(=O)[nH]c1=O.[N-]=[N+]=N[C@@H]1[C@H](O)[C@@H](CO)O[C@H]1n1cc(F)c(=O)[nH]c1=O. The van der Waals surface area contributed by atoms with Crippen molar-refractivity contribution in [2.75, 3.05) is 52.0 Å². The van der Waals surface area contributed by atoms with Crippen LogP contribution in [-0.4, -0.2) is 294 Å². The van der Waals surface area contributed by atoms with Crippen molar-refractivity contribution in [1.82, 2.24) is 66.9 Å². The molecule has 0 radical (unpaired) electrons. The minimum Gasteiger partial charge on any atom is -0.394 e. The van der Waals surface area contributed by atoms with Crippen LogP contribution >= 0.6 is 0 Å². The van der Waals surface area contributed by atoms with E-state index < -0.39 is 313 Å². The van der Waals surface area contributed by atoms with Gasteiger partial charge in [0.1, 0.15) is 114 Å². The summed E-state index contributed by atoms with van der Waals surface area (Å²) in [5.74, 6) is -6.99. The van der Waals surface area contributed by atoms with Crippen LogP contribution in [-0.2, 0) is 33.2 Å². The lowest BCUT2D eigenvalue weighted by Gasteiger charge is -2.27. The number of halogens is 4. The number of aliphatic hydroxyl groups is 14. The number of aromatic nitrogens is 14. The third-order valence-electron chi connectivity index (χ3n) is 20.8. The molecule has 0 aliphatic carbocycles. The van der Waals surface area contributed by atoms with Crippen molar-refractivity contribution in [2.24, 2.45) is 38.9 Å².